The summed E-state index contributed by atoms with van der Waals surface area (Å²) in [5.41, 5.74) is 0. The third kappa shape index (κ3) is 4.42. The predicted octanol–water partition coefficient (Wildman–Crippen LogP) is 1.49. The van der Waals surface area contributed by atoms with Gasteiger partial charge in [0.25, 0.3) is 0 Å². The zero-order chi connectivity index (χ0) is 8.69. The summed E-state index contributed by atoms with van der Waals surface area (Å²) in [4.78, 5) is 10.7. The first kappa shape index (κ1) is 10.0. The molecule has 0 radical (unpaired) electrons. The highest BCUT2D eigenvalue weighted by atomic mass is 16.5. The van der Waals surface area contributed by atoms with Crippen molar-refractivity contribution in [2.75, 3.05) is 7.11 Å². The first-order chi connectivity index (χ1) is 5.24. The number of ether oxygens (including phenoxy) is 2. The van der Waals surface area contributed by atoms with Crippen LogP contribution in [0.4, 0.5) is 0 Å². The smallest absolute Gasteiger partial charge is 0.309 e. The Labute approximate surface area is 67.0 Å². The largest absolute Gasteiger partial charge is 0.498 e. The molecule has 0 amide bonds. The van der Waals surface area contributed by atoms with Crippen LogP contribution in [-0.2, 0) is 14.3 Å². The molecular weight excluding hydrogens is 144 g/mol. The van der Waals surface area contributed by atoms with E-state index in [0.29, 0.717) is 6.42 Å². The quantitative estimate of drug-likeness (QED) is 0.449. The van der Waals surface area contributed by atoms with Gasteiger partial charge in [-0.3, -0.25) is 4.79 Å². The minimum absolute atomic E-state index is 0.0973. The van der Waals surface area contributed by atoms with Crippen LogP contribution < -0.4 is 0 Å². The second-order valence-electron chi connectivity index (χ2n) is 2.11. The summed E-state index contributed by atoms with van der Waals surface area (Å²) in [6, 6.07) is 0. The maximum atomic E-state index is 10.7. The van der Waals surface area contributed by atoms with Gasteiger partial charge in [0.05, 0.1) is 19.8 Å². The van der Waals surface area contributed by atoms with E-state index >= 15 is 0 Å². The topological polar surface area (TPSA) is 35.5 Å². The molecule has 0 heterocycles. The Morgan fingerprint density at radius 1 is 1.73 bits per heavy atom. The third-order valence-electron chi connectivity index (χ3n) is 1.37. The summed E-state index contributed by atoms with van der Waals surface area (Å²) in [5, 5.41) is 0. The van der Waals surface area contributed by atoms with Gasteiger partial charge in [-0.2, -0.15) is 0 Å². The van der Waals surface area contributed by atoms with Crippen LogP contribution in [0, 0.1) is 0 Å². The summed E-state index contributed by atoms with van der Waals surface area (Å²) in [7, 11) is 1.36. The van der Waals surface area contributed by atoms with Gasteiger partial charge < -0.3 is 9.47 Å². The number of hydrogen-bond acceptors (Lipinski definition) is 3. The SMILES string of the molecule is C=COC(CC)CC(=O)OC. The van der Waals surface area contributed by atoms with E-state index in [4.69, 9.17) is 4.74 Å². The maximum absolute atomic E-state index is 10.7. The fourth-order valence-electron chi connectivity index (χ4n) is 0.694. The van der Waals surface area contributed by atoms with Gasteiger partial charge in [0.15, 0.2) is 0 Å². The first-order valence-corrected chi connectivity index (χ1v) is 3.57. The molecule has 0 aromatic carbocycles. The van der Waals surface area contributed by atoms with Crippen molar-refractivity contribution in [1.29, 1.82) is 0 Å². The molecule has 0 aromatic heterocycles. The van der Waals surface area contributed by atoms with Crippen LogP contribution in [0.15, 0.2) is 12.8 Å². The Morgan fingerprint density at radius 3 is 2.73 bits per heavy atom. The summed E-state index contributed by atoms with van der Waals surface area (Å²) in [6.45, 7) is 5.35. The monoisotopic (exact) mass is 158 g/mol. The summed E-state index contributed by atoms with van der Waals surface area (Å²) in [6.07, 6.45) is 2.32. The fraction of sp³-hybridized carbons (Fsp3) is 0.625. The number of methoxy groups -OCH3 is 1. The Bertz CT molecular complexity index is 131. The summed E-state index contributed by atoms with van der Waals surface area (Å²) < 4.78 is 9.50. The third-order valence-corrected chi connectivity index (χ3v) is 1.37. The minimum Gasteiger partial charge on any atom is -0.498 e. The molecule has 0 spiro atoms. The first-order valence-electron chi connectivity index (χ1n) is 3.57. The number of carbonyl (C=O) groups is 1. The zero-order valence-electron chi connectivity index (χ0n) is 7.00. The van der Waals surface area contributed by atoms with Crippen LogP contribution in [0.2, 0.25) is 0 Å². The van der Waals surface area contributed by atoms with Crippen LogP contribution >= 0.6 is 0 Å². The fourth-order valence-corrected chi connectivity index (χ4v) is 0.694. The van der Waals surface area contributed by atoms with Crippen LogP contribution in [0.5, 0.6) is 0 Å². The average molecular weight is 158 g/mol. The van der Waals surface area contributed by atoms with Gasteiger partial charge in [-0.25, -0.2) is 0 Å². The molecule has 1 unspecified atom stereocenters. The second-order valence-corrected chi connectivity index (χ2v) is 2.11. The molecule has 11 heavy (non-hydrogen) atoms. The van der Waals surface area contributed by atoms with Gasteiger partial charge in [-0.05, 0) is 6.42 Å². The number of carbonyl (C=O) groups excluding carboxylic acids is 1. The second kappa shape index (κ2) is 5.77. The Balaban J connectivity index is 3.67. The standard InChI is InChI=1S/C8H14O3/c1-4-7(11-5-2)6-8(9)10-3/h5,7H,2,4,6H2,1,3H3. The normalized spacial score (nSPS) is 11.8. The van der Waals surface area contributed by atoms with Gasteiger partial charge in [0.2, 0.25) is 0 Å². The minimum atomic E-state index is -0.251. The van der Waals surface area contributed by atoms with E-state index in [2.05, 4.69) is 11.3 Å². The number of hydrogen-bond donors (Lipinski definition) is 0. The molecule has 0 saturated heterocycles. The van der Waals surface area contributed by atoms with Crippen molar-refractivity contribution in [2.24, 2.45) is 0 Å². The molecule has 0 N–H and O–H groups in total. The number of rotatable bonds is 5. The average Bonchev–Trinajstić information content (AvgIpc) is 2.03. The predicted molar refractivity (Wildman–Crippen MR) is 42.0 cm³/mol. The Kier molecular flexibility index (Phi) is 5.25. The lowest BCUT2D eigenvalue weighted by atomic mass is 10.2. The van der Waals surface area contributed by atoms with E-state index in [1.165, 1.54) is 13.4 Å². The molecule has 0 aliphatic rings. The molecule has 1 atom stereocenters. The van der Waals surface area contributed by atoms with Gasteiger partial charge in [0, 0.05) is 0 Å². The maximum Gasteiger partial charge on any atom is 0.309 e. The summed E-state index contributed by atoms with van der Waals surface area (Å²) in [5.74, 6) is -0.251. The molecule has 0 rings (SSSR count). The van der Waals surface area contributed by atoms with Crippen molar-refractivity contribution >= 4 is 5.97 Å². The van der Waals surface area contributed by atoms with Crippen LogP contribution in [0.25, 0.3) is 0 Å². The molecule has 0 fully saturated rings. The van der Waals surface area contributed by atoms with Crippen molar-refractivity contribution in [2.45, 2.75) is 25.9 Å². The van der Waals surface area contributed by atoms with Crippen molar-refractivity contribution in [3.8, 4) is 0 Å². The van der Waals surface area contributed by atoms with Gasteiger partial charge >= 0.3 is 5.97 Å². The molecule has 3 heteroatoms. The van der Waals surface area contributed by atoms with Crippen molar-refractivity contribution in [3.05, 3.63) is 12.8 Å². The van der Waals surface area contributed by atoms with E-state index in [-0.39, 0.29) is 12.1 Å². The molecule has 0 saturated carbocycles. The molecule has 0 bridgehead atoms. The molecule has 64 valence electrons. The molecular formula is C8H14O3. The molecule has 0 aromatic rings. The molecule has 3 nitrogen and oxygen atoms in total. The Hall–Kier alpha value is -0.990. The van der Waals surface area contributed by atoms with Gasteiger partial charge in [0.1, 0.15) is 6.10 Å². The van der Waals surface area contributed by atoms with E-state index in [9.17, 15) is 4.79 Å². The highest BCUT2D eigenvalue weighted by molar-refractivity contribution is 5.69. The van der Waals surface area contributed by atoms with E-state index in [1.54, 1.807) is 0 Å². The van der Waals surface area contributed by atoms with Crippen molar-refractivity contribution < 1.29 is 14.3 Å². The van der Waals surface area contributed by atoms with Gasteiger partial charge in [-0.15, -0.1) is 0 Å². The lowest BCUT2D eigenvalue weighted by molar-refractivity contribution is -0.142. The van der Waals surface area contributed by atoms with Gasteiger partial charge in [-0.1, -0.05) is 13.5 Å². The Morgan fingerprint density at radius 2 is 2.36 bits per heavy atom. The number of esters is 1. The lowest BCUT2D eigenvalue weighted by Gasteiger charge is -2.11. The highest BCUT2D eigenvalue weighted by Crippen LogP contribution is 2.04. The van der Waals surface area contributed by atoms with Crippen LogP contribution in [-0.4, -0.2) is 19.2 Å². The highest BCUT2D eigenvalue weighted by Gasteiger charge is 2.11. The van der Waals surface area contributed by atoms with E-state index < -0.39 is 0 Å². The molecule has 0 aliphatic heterocycles. The van der Waals surface area contributed by atoms with E-state index in [0.717, 1.165) is 6.42 Å². The van der Waals surface area contributed by atoms with Crippen LogP contribution in [0.3, 0.4) is 0 Å². The molecule has 0 aliphatic carbocycles. The van der Waals surface area contributed by atoms with Crippen molar-refractivity contribution in [1.82, 2.24) is 0 Å². The van der Waals surface area contributed by atoms with Crippen LogP contribution in [0.1, 0.15) is 19.8 Å². The zero-order valence-corrected chi connectivity index (χ0v) is 7.00. The van der Waals surface area contributed by atoms with E-state index in [1.807, 2.05) is 6.92 Å². The van der Waals surface area contributed by atoms with Crippen molar-refractivity contribution in [3.63, 3.8) is 0 Å². The lowest BCUT2D eigenvalue weighted by Crippen LogP contribution is -2.15. The summed E-state index contributed by atoms with van der Waals surface area (Å²) >= 11 is 0.